The molecule has 0 spiro atoms. The highest BCUT2D eigenvalue weighted by Crippen LogP contribution is 2.28. The van der Waals surface area contributed by atoms with E-state index in [1.807, 2.05) is 37.4 Å². The van der Waals surface area contributed by atoms with Gasteiger partial charge in [-0.2, -0.15) is 0 Å². The maximum atomic E-state index is 12.9. The van der Waals surface area contributed by atoms with Gasteiger partial charge in [-0.3, -0.25) is 9.69 Å². The maximum Gasteiger partial charge on any atom is 0.242 e. The first kappa shape index (κ1) is 18.5. The number of hydrogen-bond acceptors (Lipinski definition) is 3. The van der Waals surface area contributed by atoms with Crippen LogP contribution in [0.5, 0.6) is 5.75 Å². The largest absolute Gasteiger partial charge is 0.496 e. The predicted octanol–water partition coefficient (Wildman–Crippen LogP) is 3.76. The molecule has 1 fully saturated rings. The number of ether oxygens (including phenoxy) is 1. The van der Waals surface area contributed by atoms with Crippen LogP contribution in [0.25, 0.3) is 0 Å². The monoisotopic (exact) mass is 352 g/mol. The fraction of sp³-hybridized carbons (Fsp3) is 0.409. The summed E-state index contributed by atoms with van der Waals surface area (Å²) in [5.74, 6) is 1.02. The third-order valence-electron chi connectivity index (χ3n) is 4.88. The molecule has 0 radical (unpaired) electrons. The number of likely N-dealkylation sites (N-methyl/N-ethyl adjacent to an activating group) is 1. The van der Waals surface area contributed by atoms with Crippen molar-refractivity contribution in [1.82, 2.24) is 10.2 Å². The van der Waals surface area contributed by atoms with Gasteiger partial charge in [0.25, 0.3) is 0 Å². The van der Waals surface area contributed by atoms with Gasteiger partial charge in [0.1, 0.15) is 11.8 Å². The van der Waals surface area contributed by atoms with Gasteiger partial charge in [-0.05, 0) is 56.0 Å². The van der Waals surface area contributed by atoms with Crippen molar-refractivity contribution in [2.24, 2.45) is 0 Å². The smallest absolute Gasteiger partial charge is 0.242 e. The number of nitrogens with one attached hydrogen (secondary N) is 1. The summed E-state index contributed by atoms with van der Waals surface area (Å²) in [6, 6.07) is 14.4. The quantitative estimate of drug-likeness (QED) is 0.825. The topological polar surface area (TPSA) is 41.6 Å². The third-order valence-corrected chi connectivity index (χ3v) is 4.88. The number of benzene rings is 2. The molecule has 138 valence electrons. The Hall–Kier alpha value is -2.33. The van der Waals surface area contributed by atoms with E-state index in [0.29, 0.717) is 12.6 Å². The Labute approximate surface area is 156 Å². The molecule has 1 aliphatic carbocycles. The molecular formula is C22H28N2O2. The minimum atomic E-state index is -0.292. The Morgan fingerprint density at radius 3 is 2.35 bits per heavy atom. The van der Waals surface area contributed by atoms with E-state index in [2.05, 4.69) is 36.2 Å². The molecule has 4 nitrogen and oxygen atoms in total. The van der Waals surface area contributed by atoms with Crippen LogP contribution in [-0.4, -0.2) is 31.0 Å². The lowest BCUT2D eigenvalue weighted by molar-refractivity contribution is -0.126. The Bertz CT molecular complexity index is 746. The van der Waals surface area contributed by atoms with Crippen LogP contribution in [0.15, 0.2) is 42.5 Å². The summed E-state index contributed by atoms with van der Waals surface area (Å²) in [5.41, 5.74) is 4.45. The molecule has 0 aromatic heterocycles. The predicted molar refractivity (Wildman–Crippen MR) is 104 cm³/mol. The Balaban J connectivity index is 1.83. The highest BCUT2D eigenvalue weighted by molar-refractivity contribution is 5.83. The van der Waals surface area contributed by atoms with Crippen LogP contribution >= 0.6 is 0 Å². The van der Waals surface area contributed by atoms with Gasteiger partial charge in [0.2, 0.25) is 5.91 Å². The standard InChI is InChI=1S/C22H28N2O2/c1-15-12-17(13-16(2)21(15)26-4)14-24(3)20(18-8-6-5-7-9-18)22(25)23-19-10-11-19/h5-9,12-13,19-20H,10-11,14H2,1-4H3,(H,23,25). The summed E-state index contributed by atoms with van der Waals surface area (Å²) in [5, 5.41) is 3.16. The Morgan fingerprint density at radius 1 is 1.19 bits per heavy atom. The van der Waals surface area contributed by atoms with E-state index in [0.717, 1.165) is 35.3 Å². The van der Waals surface area contributed by atoms with E-state index in [1.165, 1.54) is 5.56 Å². The van der Waals surface area contributed by atoms with E-state index >= 15 is 0 Å². The lowest BCUT2D eigenvalue weighted by Gasteiger charge is -2.28. The molecule has 1 N–H and O–H groups in total. The summed E-state index contributed by atoms with van der Waals surface area (Å²) in [6.07, 6.45) is 2.18. The van der Waals surface area contributed by atoms with Gasteiger partial charge in [0.15, 0.2) is 0 Å². The molecule has 1 unspecified atom stereocenters. The van der Waals surface area contributed by atoms with E-state index < -0.39 is 0 Å². The minimum absolute atomic E-state index is 0.0863. The van der Waals surface area contributed by atoms with Gasteiger partial charge < -0.3 is 10.1 Å². The van der Waals surface area contributed by atoms with Crippen LogP contribution in [0.3, 0.4) is 0 Å². The van der Waals surface area contributed by atoms with Crippen LogP contribution in [-0.2, 0) is 11.3 Å². The molecule has 3 rings (SSSR count). The van der Waals surface area contributed by atoms with Crippen molar-refractivity contribution in [3.63, 3.8) is 0 Å². The average molecular weight is 352 g/mol. The van der Waals surface area contributed by atoms with Crippen LogP contribution in [0.4, 0.5) is 0 Å². The summed E-state index contributed by atoms with van der Waals surface area (Å²) < 4.78 is 5.46. The van der Waals surface area contributed by atoms with Crippen molar-refractivity contribution in [3.05, 3.63) is 64.7 Å². The number of nitrogens with zero attached hydrogens (tertiary/aromatic N) is 1. The number of carbonyl (C=O) groups excluding carboxylic acids is 1. The van der Waals surface area contributed by atoms with Crippen LogP contribution in [0, 0.1) is 13.8 Å². The Kier molecular flexibility index (Phi) is 5.62. The zero-order valence-electron chi connectivity index (χ0n) is 16.1. The molecule has 1 amide bonds. The number of methoxy groups -OCH3 is 1. The first-order valence-corrected chi connectivity index (χ1v) is 9.19. The zero-order valence-corrected chi connectivity index (χ0v) is 16.1. The number of amides is 1. The highest BCUT2D eigenvalue weighted by Gasteiger charge is 2.30. The second-order valence-electron chi connectivity index (χ2n) is 7.27. The number of hydrogen-bond donors (Lipinski definition) is 1. The average Bonchev–Trinajstić information content (AvgIpc) is 3.39. The van der Waals surface area contributed by atoms with Crippen LogP contribution in [0.1, 0.15) is 41.1 Å². The molecule has 0 saturated heterocycles. The lowest BCUT2D eigenvalue weighted by atomic mass is 10.0. The molecule has 0 bridgehead atoms. The fourth-order valence-corrected chi connectivity index (χ4v) is 3.58. The number of carbonyl (C=O) groups is 1. The first-order chi connectivity index (χ1) is 12.5. The van der Waals surface area contributed by atoms with Crippen LogP contribution < -0.4 is 10.1 Å². The zero-order chi connectivity index (χ0) is 18.7. The van der Waals surface area contributed by atoms with Gasteiger partial charge >= 0.3 is 0 Å². The van der Waals surface area contributed by atoms with Gasteiger partial charge in [-0.15, -0.1) is 0 Å². The van der Waals surface area contributed by atoms with E-state index in [1.54, 1.807) is 7.11 Å². The molecule has 1 aliphatic rings. The van der Waals surface area contributed by atoms with Crippen molar-refractivity contribution in [1.29, 1.82) is 0 Å². The van der Waals surface area contributed by atoms with Crippen molar-refractivity contribution in [3.8, 4) is 5.75 Å². The van der Waals surface area contributed by atoms with Gasteiger partial charge in [0, 0.05) is 12.6 Å². The highest BCUT2D eigenvalue weighted by atomic mass is 16.5. The van der Waals surface area contributed by atoms with Gasteiger partial charge in [-0.25, -0.2) is 0 Å². The summed E-state index contributed by atoms with van der Waals surface area (Å²) in [7, 11) is 3.72. The van der Waals surface area contributed by atoms with E-state index in [9.17, 15) is 4.79 Å². The third kappa shape index (κ3) is 4.25. The molecule has 1 saturated carbocycles. The second-order valence-corrected chi connectivity index (χ2v) is 7.27. The molecule has 0 aliphatic heterocycles. The van der Waals surface area contributed by atoms with Crippen molar-refractivity contribution in [2.75, 3.05) is 14.2 Å². The lowest BCUT2D eigenvalue weighted by Crippen LogP contribution is -2.39. The van der Waals surface area contributed by atoms with E-state index in [4.69, 9.17) is 4.74 Å². The molecular weight excluding hydrogens is 324 g/mol. The second kappa shape index (κ2) is 7.92. The molecule has 4 heteroatoms. The molecule has 26 heavy (non-hydrogen) atoms. The van der Waals surface area contributed by atoms with Crippen molar-refractivity contribution >= 4 is 5.91 Å². The van der Waals surface area contributed by atoms with Gasteiger partial charge in [-0.1, -0.05) is 42.5 Å². The van der Waals surface area contributed by atoms with Crippen molar-refractivity contribution < 1.29 is 9.53 Å². The number of rotatable bonds is 7. The SMILES string of the molecule is COc1c(C)cc(CN(C)C(C(=O)NC2CC2)c2ccccc2)cc1C. The molecule has 2 aromatic rings. The van der Waals surface area contributed by atoms with E-state index in [-0.39, 0.29) is 11.9 Å². The minimum Gasteiger partial charge on any atom is -0.496 e. The van der Waals surface area contributed by atoms with Crippen LogP contribution in [0.2, 0.25) is 0 Å². The fourth-order valence-electron chi connectivity index (χ4n) is 3.58. The normalized spacial score (nSPS) is 15.0. The summed E-state index contributed by atoms with van der Waals surface area (Å²) >= 11 is 0. The number of aryl methyl sites for hydroxylation is 2. The molecule has 2 aromatic carbocycles. The summed E-state index contributed by atoms with van der Waals surface area (Å²) in [6.45, 7) is 4.82. The van der Waals surface area contributed by atoms with Gasteiger partial charge in [0.05, 0.1) is 7.11 Å². The van der Waals surface area contributed by atoms with Crippen molar-refractivity contribution in [2.45, 2.75) is 45.3 Å². The first-order valence-electron chi connectivity index (χ1n) is 9.19. The summed E-state index contributed by atoms with van der Waals surface area (Å²) in [4.78, 5) is 15.0. The molecule has 0 heterocycles. The maximum absolute atomic E-state index is 12.9. The Morgan fingerprint density at radius 2 is 1.81 bits per heavy atom. The molecule has 1 atom stereocenters.